The van der Waals surface area contributed by atoms with Gasteiger partial charge in [-0.05, 0) is 59.9 Å². The lowest BCUT2D eigenvalue weighted by molar-refractivity contribution is 1.19. The molecule has 0 aromatic heterocycles. The largest absolute Gasteiger partial charge is 0.271 e. The third-order valence-electron chi connectivity index (χ3n) is 2.51. The molecule has 0 aliphatic heterocycles. The highest BCUT2D eigenvalue weighted by Gasteiger charge is 1.93. The molecular formula is C17H18IN. The van der Waals surface area contributed by atoms with Crippen LogP contribution in [0.5, 0.6) is 0 Å². The second-order valence-electron chi connectivity index (χ2n) is 3.94. The van der Waals surface area contributed by atoms with E-state index < -0.39 is 0 Å². The molecule has 0 heterocycles. The lowest BCUT2D eigenvalue weighted by atomic mass is 10.0. The fourth-order valence-electron chi connectivity index (χ4n) is 1.55. The van der Waals surface area contributed by atoms with Gasteiger partial charge in [0.1, 0.15) is 0 Å². The SMILES string of the molecule is C=N/C=C(I)/C=C\C=C/C(=C/C)Cc1ccccc1. The standard InChI is InChI=1S/C17H18IN/c1-3-15(13-16-10-5-4-6-11-16)9-7-8-12-17(18)14-19-2/h3-12,14H,2,13H2,1H3/b9-7-,12-8-,15-3-,17-14-. The van der Waals surface area contributed by atoms with Gasteiger partial charge in [-0.15, -0.1) is 0 Å². The molecule has 0 bridgehead atoms. The maximum Gasteiger partial charge on any atom is 0.0394 e. The number of hydrogen-bond acceptors (Lipinski definition) is 1. The van der Waals surface area contributed by atoms with Gasteiger partial charge in [-0.25, -0.2) is 0 Å². The molecule has 0 spiro atoms. The fraction of sp³-hybridized carbons (Fsp3) is 0.118. The van der Waals surface area contributed by atoms with Crippen LogP contribution in [0.1, 0.15) is 12.5 Å². The van der Waals surface area contributed by atoms with E-state index in [1.165, 1.54) is 11.1 Å². The van der Waals surface area contributed by atoms with Gasteiger partial charge in [0.25, 0.3) is 0 Å². The number of halogens is 1. The van der Waals surface area contributed by atoms with E-state index in [4.69, 9.17) is 0 Å². The van der Waals surface area contributed by atoms with Crippen LogP contribution in [-0.2, 0) is 6.42 Å². The van der Waals surface area contributed by atoms with Gasteiger partial charge in [-0.1, -0.05) is 54.6 Å². The van der Waals surface area contributed by atoms with Gasteiger partial charge >= 0.3 is 0 Å². The van der Waals surface area contributed by atoms with E-state index in [0.29, 0.717) is 0 Å². The van der Waals surface area contributed by atoms with E-state index in [1.807, 2.05) is 24.3 Å². The molecular weight excluding hydrogens is 345 g/mol. The van der Waals surface area contributed by atoms with Crippen LogP contribution < -0.4 is 0 Å². The maximum absolute atomic E-state index is 3.72. The summed E-state index contributed by atoms with van der Waals surface area (Å²) >= 11 is 2.22. The Labute approximate surface area is 129 Å². The third kappa shape index (κ3) is 6.91. The first-order valence-corrected chi connectivity index (χ1v) is 7.19. The van der Waals surface area contributed by atoms with Crippen molar-refractivity contribution in [2.75, 3.05) is 0 Å². The molecule has 0 saturated carbocycles. The smallest absolute Gasteiger partial charge is 0.0394 e. The monoisotopic (exact) mass is 363 g/mol. The van der Waals surface area contributed by atoms with Crippen molar-refractivity contribution < 1.29 is 0 Å². The van der Waals surface area contributed by atoms with Gasteiger partial charge in [-0.3, -0.25) is 4.99 Å². The van der Waals surface area contributed by atoms with Crippen molar-refractivity contribution in [3.8, 4) is 0 Å². The summed E-state index contributed by atoms with van der Waals surface area (Å²) in [6.45, 7) is 5.49. The number of rotatable bonds is 6. The first-order chi connectivity index (χ1) is 9.26. The molecule has 19 heavy (non-hydrogen) atoms. The van der Waals surface area contributed by atoms with Crippen molar-refractivity contribution in [1.29, 1.82) is 0 Å². The first kappa shape index (κ1) is 15.6. The predicted octanol–water partition coefficient (Wildman–Crippen LogP) is 5.26. The highest BCUT2D eigenvalue weighted by molar-refractivity contribution is 14.1. The summed E-state index contributed by atoms with van der Waals surface area (Å²) in [7, 11) is 0. The molecule has 1 nitrogen and oxygen atoms in total. The average Bonchev–Trinajstić information content (AvgIpc) is 2.43. The van der Waals surface area contributed by atoms with Gasteiger partial charge in [0, 0.05) is 9.78 Å². The average molecular weight is 363 g/mol. The van der Waals surface area contributed by atoms with Crippen LogP contribution in [0.15, 0.2) is 81.1 Å². The molecule has 1 aromatic rings. The fourth-order valence-corrected chi connectivity index (χ4v) is 1.95. The Balaban J connectivity index is 2.59. The van der Waals surface area contributed by atoms with E-state index in [9.17, 15) is 0 Å². The summed E-state index contributed by atoms with van der Waals surface area (Å²) in [6, 6.07) is 10.5. The molecule has 98 valence electrons. The van der Waals surface area contributed by atoms with Crippen molar-refractivity contribution in [2.45, 2.75) is 13.3 Å². The lowest BCUT2D eigenvalue weighted by Crippen LogP contribution is -1.86. The molecule has 1 rings (SSSR count). The normalized spacial score (nSPS) is 13.4. The lowest BCUT2D eigenvalue weighted by Gasteiger charge is -2.01. The zero-order chi connectivity index (χ0) is 13.9. The molecule has 0 fully saturated rings. The van der Waals surface area contributed by atoms with Gasteiger partial charge in [-0.2, -0.15) is 0 Å². The second-order valence-corrected chi connectivity index (χ2v) is 5.19. The number of hydrogen-bond donors (Lipinski definition) is 0. The minimum absolute atomic E-state index is 0.961. The number of nitrogens with zero attached hydrogens (tertiary/aromatic N) is 1. The van der Waals surface area contributed by atoms with Crippen LogP contribution in [0.4, 0.5) is 0 Å². The molecule has 0 aliphatic rings. The summed E-state index contributed by atoms with van der Waals surface area (Å²) in [5.74, 6) is 0. The highest BCUT2D eigenvalue weighted by atomic mass is 127. The van der Waals surface area contributed by atoms with E-state index in [-0.39, 0.29) is 0 Å². The number of aliphatic imine (C=N–C) groups is 1. The second kappa shape index (κ2) is 9.50. The quantitative estimate of drug-likeness (QED) is 0.371. The molecule has 0 aliphatic carbocycles. The van der Waals surface area contributed by atoms with Crippen LogP contribution in [0.3, 0.4) is 0 Å². The molecule has 0 atom stereocenters. The van der Waals surface area contributed by atoms with Gasteiger partial charge < -0.3 is 0 Å². The van der Waals surface area contributed by atoms with Crippen molar-refractivity contribution in [2.24, 2.45) is 4.99 Å². The molecule has 1 aromatic carbocycles. The Kier molecular flexibility index (Phi) is 7.82. The molecule has 0 unspecified atom stereocenters. The minimum Gasteiger partial charge on any atom is -0.271 e. The van der Waals surface area contributed by atoms with Crippen molar-refractivity contribution in [3.63, 3.8) is 0 Å². The molecule has 0 radical (unpaired) electrons. The molecule has 0 N–H and O–H groups in total. The van der Waals surface area contributed by atoms with Gasteiger partial charge in [0.15, 0.2) is 0 Å². The Hall–Kier alpha value is -1.42. The minimum atomic E-state index is 0.961. The zero-order valence-electron chi connectivity index (χ0n) is 11.1. The first-order valence-electron chi connectivity index (χ1n) is 6.11. The van der Waals surface area contributed by atoms with E-state index in [0.717, 1.165) is 10.0 Å². The van der Waals surface area contributed by atoms with Crippen LogP contribution in [-0.4, -0.2) is 6.72 Å². The van der Waals surface area contributed by atoms with Gasteiger partial charge in [0.05, 0.1) is 0 Å². The van der Waals surface area contributed by atoms with Crippen LogP contribution >= 0.6 is 22.6 Å². The Morgan fingerprint density at radius 2 is 1.89 bits per heavy atom. The third-order valence-corrected chi connectivity index (χ3v) is 3.15. The highest BCUT2D eigenvalue weighted by Crippen LogP contribution is 2.10. The van der Waals surface area contributed by atoms with E-state index in [2.05, 4.69) is 77.6 Å². The predicted molar refractivity (Wildman–Crippen MR) is 93.8 cm³/mol. The van der Waals surface area contributed by atoms with Crippen LogP contribution in [0.2, 0.25) is 0 Å². The summed E-state index contributed by atoms with van der Waals surface area (Å²) < 4.78 is 1.06. The Morgan fingerprint density at radius 1 is 1.21 bits per heavy atom. The van der Waals surface area contributed by atoms with Crippen molar-refractivity contribution in [3.05, 3.63) is 81.6 Å². The molecule has 0 saturated heterocycles. The van der Waals surface area contributed by atoms with Crippen molar-refractivity contribution >= 4 is 29.3 Å². The van der Waals surface area contributed by atoms with Crippen LogP contribution in [0, 0.1) is 0 Å². The van der Waals surface area contributed by atoms with Gasteiger partial charge in [0.2, 0.25) is 0 Å². The molecule has 2 heteroatoms. The summed E-state index contributed by atoms with van der Waals surface area (Å²) in [5, 5.41) is 0. The Bertz CT molecular complexity index is 507. The zero-order valence-corrected chi connectivity index (χ0v) is 13.2. The topological polar surface area (TPSA) is 12.4 Å². The summed E-state index contributed by atoms with van der Waals surface area (Å²) in [6.07, 6.45) is 13.0. The van der Waals surface area contributed by atoms with Crippen molar-refractivity contribution in [1.82, 2.24) is 0 Å². The number of allylic oxidation sites excluding steroid dienone is 7. The number of benzene rings is 1. The van der Waals surface area contributed by atoms with E-state index >= 15 is 0 Å². The Morgan fingerprint density at radius 3 is 2.53 bits per heavy atom. The summed E-state index contributed by atoms with van der Waals surface area (Å²) in [5.41, 5.74) is 2.63. The summed E-state index contributed by atoms with van der Waals surface area (Å²) in [4.78, 5) is 3.72. The molecule has 0 amide bonds. The maximum atomic E-state index is 3.72. The van der Waals surface area contributed by atoms with E-state index in [1.54, 1.807) is 6.20 Å². The van der Waals surface area contributed by atoms with Crippen LogP contribution in [0.25, 0.3) is 0 Å².